The minimum atomic E-state index is -3.43. The molecule has 146 valence electrons. The highest BCUT2D eigenvalue weighted by Gasteiger charge is 2.33. The van der Waals surface area contributed by atoms with Gasteiger partial charge in [0.1, 0.15) is 0 Å². The third-order valence-electron chi connectivity index (χ3n) is 4.46. The molecule has 0 aromatic carbocycles. The van der Waals surface area contributed by atoms with Crippen LogP contribution in [0.25, 0.3) is 11.4 Å². The van der Waals surface area contributed by atoms with Crippen molar-refractivity contribution >= 4 is 10.0 Å². The third-order valence-corrected chi connectivity index (χ3v) is 6.30. The maximum atomic E-state index is 12.7. The van der Waals surface area contributed by atoms with Crippen LogP contribution in [0.4, 0.5) is 0 Å². The Morgan fingerprint density at radius 1 is 1.14 bits per heavy atom. The van der Waals surface area contributed by atoms with Crippen molar-refractivity contribution in [2.24, 2.45) is 0 Å². The van der Waals surface area contributed by atoms with Crippen molar-refractivity contribution in [1.82, 2.24) is 24.4 Å². The first-order chi connectivity index (χ1) is 13.6. The maximum absolute atomic E-state index is 12.7. The highest BCUT2D eigenvalue weighted by molar-refractivity contribution is 7.89. The normalized spacial score (nSPS) is 18.2. The van der Waals surface area contributed by atoms with Gasteiger partial charge in [-0.05, 0) is 36.2 Å². The van der Waals surface area contributed by atoms with E-state index in [2.05, 4.69) is 20.1 Å². The number of morpholine rings is 1. The molecule has 1 atom stereocenters. The van der Waals surface area contributed by atoms with E-state index in [0.717, 1.165) is 11.1 Å². The molecule has 10 heteroatoms. The predicted molar refractivity (Wildman–Crippen MR) is 99.5 cm³/mol. The van der Waals surface area contributed by atoms with Crippen LogP contribution in [0.5, 0.6) is 0 Å². The van der Waals surface area contributed by atoms with E-state index in [1.165, 1.54) is 4.31 Å². The van der Waals surface area contributed by atoms with Crippen LogP contribution >= 0.6 is 0 Å². The molecule has 1 aliphatic heterocycles. The molecule has 1 aliphatic rings. The highest BCUT2D eigenvalue weighted by atomic mass is 32.2. The number of rotatable bonds is 6. The van der Waals surface area contributed by atoms with E-state index >= 15 is 0 Å². The molecule has 0 amide bonds. The molecular weight excluding hydrogens is 382 g/mol. The number of nitrogens with zero attached hydrogens (tertiary/aromatic N) is 5. The van der Waals surface area contributed by atoms with Gasteiger partial charge >= 0.3 is 0 Å². The van der Waals surface area contributed by atoms with Crippen molar-refractivity contribution in [3.63, 3.8) is 0 Å². The number of sulfonamides is 1. The van der Waals surface area contributed by atoms with E-state index in [4.69, 9.17) is 9.26 Å². The lowest BCUT2D eigenvalue weighted by molar-refractivity contribution is -0.0199. The molecule has 4 heterocycles. The van der Waals surface area contributed by atoms with E-state index in [-0.39, 0.29) is 24.8 Å². The lowest BCUT2D eigenvalue weighted by Gasteiger charge is -2.30. The average Bonchev–Trinajstić information content (AvgIpc) is 3.24. The Kier molecular flexibility index (Phi) is 5.42. The molecule has 0 unspecified atom stereocenters. The summed E-state index contributed by atoms with van der Waals surface area (Å²) in [6, 6.07) is 7.23. The quantitative estimate of drug-likeness (QED) is 0.610. The second-order valence-corrected chi connectivity index (χ2v) is 8.43. The van der Waals surface area contributed by atoms with Crippen molar-refractivity contribution in [3.05, 3.63) is 60.5 Å². The summed E-state index contributed by atoms with van der Waals surface area (Å²) in [5.41, 5.74) is 1.65. The zero-order chi connectivity index (χ0) is 19.4. The molecular formula is C18H19N5O4S. The number of hydrogen-bond donors (Lipinski definition) is 0. The van der Waals surface area contributed by atoms with Crippen LogP contribution in [0.1, 0.15) is 17.6 Å². The molecule has 4 rings (SSSR count). The second kappa shape index (κ2) is 8.13. The van der Waals surface area contributed by atoms with Crippen LogP contribution in [0.2, 0.25) is 0 Å². The van der Waals surface area contributed by atoms with Gasteiger partial charge in [-0.25, -0.2) is 8.42 Å². The largest absolute Gasteiger partial charge is 0.366 e. The number of hydrogen-bond acceptors (Lipinski definition) is 8. The summed E-state index contributed by atoms with van der Waals surface area (Å²) in [4.78, 5) is 12.3. The zero-order valence-electron chi connectivity index (χ0n) is 15.0. The van der Waals surface area contributed by atoms with Crippen molar-refractivity contribution in [2.45, 2.75) is 12.5 Å². The second-order valence-electron chi connectivity index (χ2n) is 6.34. The summed E-state index contributed by atoms with van der Waals surface area (Å²) in [7, 11) is -3.43. The lowest BCUT2D eigenvalue weighted by atomic mass is 10.2. The van der Waals surface area contributed by atoms with Gasteiger partial charge in [-0.3, -0.25) is 9.97 Å². The minimum Gasteiger partial charge on any atom is -0.366 e. The maximum Gasteiger partial charge on any atom is 0.257 e. The van der Waals surface area contributed by atoms with Gasteiger partial charge in [-0.2, -0.15) is 9.29 Å². The summed E-state index contributed by atoms with van der Waals surface area (Å²) >= 11 is 0. The lowest BCUT2D eigenvalue weighted by Crippen LogP contribution is -2.43. The fraction of sp³-hybridized carbons (Fsp3) is 0.333. The number of pyridine rings is 2. The first-order valence-corrected chi connectivity index (χ1v) is 10.4. The molecule has 0 N–H and O–H groups in total. The molecule has 28 heavy (non-hydrogen) atoms. The summed E-state index contributed by atoms with van der Waals surface area (Å²) < 4.78 is 37.9. The molecule has 0 radical (unpaired) electrons. The predicted octanol–water partition coefficient (Wildman–Crippen LogP) is 1.47. The fourth-order valence-electron chi connectivity index (χ4n) is 2.93. The third kappa shape index (κ3) is 4.24. The molecule has 0 bridgehead atoms. The van der Waals surface area contributed by atoms with E-state index in [1.807, 2.05) is 18.2 Å². The molecule has 0 aliphatic carbocycles. The molecule has 0 spiro atoms. The summed E-state index contributed by atoms with van der Waals surface area (Å²) in [6.45, 7) is 0.718. The Labute approximate surface area is 162 Å². The summed E-state index contributed by atoms with van der Waals surface area (Å²) in [5, 5.41) is 3.94. The zero-order valence-corrected chi connectivity index (χ0v) is 15.8. The standard InChI is InChI=1S/C18H19N5O4S/c24-28(25,11-5-14-3-7-19-8-4-14)23-9-10-26-16(13-23)18-21-17(22-27-18)15-2-1-6-20-12-15/h1-4,6-8,12,16H,5,9-11,13H2/t16-/m1/s1. The minimum absolute atomic E-state index is 0.0223. The van der Waals surface area contributed by atoms with Gasteiger partial charge in [0.15, 0.2) is 6.10 Å². The number of ether oxygens (including phenoxy) is 1. The Morgan fingerprint density at radius 2 is 2.00 bits per heavy atom. The van der Waals surface area contributed by atoms with E-state index in [0.29, 0.717) is 18.8 Å². The van der Waals surface area contributed by atoms with Crippen molar-refractivity contribution in [1.29, 1.82) is 0 Å². The van der Waals surface area contributed by atoms with E-state index in [1.54, 1.807) is 30.9 Å². The van der Waals surface area contributed by atoms with Gasteiger partial charge in [0.2, 0.25) is 15.8 Å². The monoisotopic (exact) mass is 401 g/mol. The van der Waals surface area contributed by atoms with Crippen LogP contribution in [0.15, 0.2) is 53.6 Å². The smallest absolute Gasteiger partial charge is 0.257 e. The van der Waals surface area contributed by atoms with Gasteiger partial charge in [0.05, 0.1) is 12.4 Å². The molecule has 1 fully saturated rings. The summed E-state index contributed by atoms with van der Waals surface area (Å²) in [6.07, 6.45) is 6.43. The number of aromatic nitrogens is 4. The van der Waals surface area contributed by atoms with Gasteiger partial charge in [-0.15, -0.1) is 0 Å². The summed E-state index contributed by atoms with van der Waals surface area (Å²) in [5.74, 6) is 0.673. The van der Waals surface area contributed by atoms with Gasteiger partial charge in [-0.1, -0.05) is 5.16 Å². The van der Waals surface area contributed by atoms with Gasteiger partial charge < -0.3 is 9.26 Å². The van der Waals surface area contributed by atoms with Gasteiger partial charge in [0.25, 0.3) is 5.89 Å². The van der Waals surface area contributed by atoms with Crippen LogP contribution in [0.3, 0.4) is 0 Å². The SMILES string of the molecule is O=S(=O)(CCc1ccncc1)N1CCO[C@@H](c2nc(-c3cccnc3)no2)C1. The van der Waals surface area contributed by atoms with Crippen molar-refractivity contribution in [2.75, 3.05) is 25.4 Å². The van der Waals surface area contributed by atoms with Crippen molar-refractivity contribution in [3.8, 4) is 11.4 Å². The van der Waals surface area contributed by atoms with Crippen LogP contribution in [-0.2, 0) is 21.2 Å². The fourth-order valence-corrected chi connectivity index (χ4v) is 4.40. The van der Waals surface area contributed by atoms with Crippen LogP contribution in [0, 0.1) is 0 Å². The average molecular weight is 401 g/mol. The Bertz CT molecular complexity index is 1010. The molecule has 3 aromatic rings. The molecule has 0 saturated carbocycles. The molecule has 1 saturated heterocycles. The first kappa shape index (κ1) is 18.7. The highest BCUT2D eigenvalue weighted by Crippen LogP contribution is 2.25. The molecule has 3 aromatic heterocycles. The van der Waals surface area contributed by atoms with Crippen LogP contribution < -0.4 is 0 Å². The molecule has 9 nitrogen and oxygen atoms in total. The van der Waals surface area contributed by atoms with E-state index in [9.17, 15) is 8.42 Å². The Hall–Kier alpha value is -2.69. The van der Waals surface area contributed by atoms with Crippen molar-refractivity contribution < 1.29 is 17.7 Å². The van der Waals surface area contributed by atoms with Gasteiger partial charge in [0, 0.05) is 43.4 Å². The first-order valence-electron chi connectivity index (χ1n) is 8.84. The Morgan fingerprint density at radius 3 is 2.79 bits per heavy atom. The van der Waals surface area contributed by atoms with Crippen LogP contribution in [-0.4, -0.2) is 58.3 Å². The Balaban J connectivity index is 1.43. The van der Waals surface area contributed by atoms with E-state index < -0.39 is 16.1 Å². The topological polar surface area (TPSA) is 111 Å². The number of aryl methyl sites for hydroxylation is 1.